The molecule has 8 heteroatoms. The van der Waals surface area contributed by atoms with Crippen molar-refractivity contribution in [2.45, 2.75) is 58.4 Å². The van der Waals surface area contributed by atoms with Crippen LogP contribution in [0.2, 0.25) is 0 Å². The molecule has 2 atom stereocenters. The number of alkyl carbamates (subject to hydrolysis) is 1. The van der Waals surface area contributed by atoms with E-state index in [1.165, 1.54) is 6.92 Å². The van der Waals surface area contributed by atoms with Gasteiger partial charge in [0, 0.05) is 25.9 Å². The van der Waals surface area contributed by atoms with Crippen LogP contribution in [0.4, 0.5) is 4.79 Å². The summed E-state index contributed by atoms with van der Waals surface area (Å²) >= 11 is 0. The van der Waals surface area contributed by atoms with Crippen LogP contribution in [0.1, 0.15) is 38.8 Å². The van der Waals surface area contributed by atoms with Gasteiger partial charge in [-0.05, 0) is 44.4 Å². The number of nitrogens with one attached hydrogen (secondary N) is 2. The van der Waals surface area contributed by atoms with Crippen LogP contribution < -0.4 is 10.6 Å². The van der Waals surface area contributed by atoms with E-state index in [1.807, 2.05) is 36.4 Å². The van der Waals surface area contributed by atoms with Gasteiger partial charge in [-0.1, -0.05) is 36.4 Å². The number of aromatic nitrogens is 1. The molecular weight excluding hydrogens is 398 g/mol. The molecule has 0 spiro atoms. The molecule has 1 heterocycles. The van der Waals surface area contributed by atoms with E-state index in [2.05, 4.69) is 15.6 Å². The van der Waals surface area contributed by atoms with Crippen molar-refractivity contribution in [2.75, 3.05) is 0 Å². The topological polar surface area (TPSA) is 107 Å². The van der Waals surface area contributed by atoms with Crippen LogP contribution in [-0.4, -0.2) is 40.7 Å². The molecule has 2 N–H and O–H groups in total. The summed E-state index contributed by atoms with van der Waals surface area (Å²) in [7, 11) is 0. The number of nitrogens with zero attached hydrogens (tertiary/aromatic N) is 1. The second-order valence-corrected chi connectivity index (χ2v) is 8.05. The first-order valence-electron chi connectivity index (χ1n) is 10.0. The summed E-state index contributed by atoms with van der Waals surface area (Å²) in [6, 6.07) is 12.0. The molecule has 0 aliphatic carbocycles. The Kier molecular flexibility index (Phi) is 8.54. The van der Waals surface area contributed by atoms with Crippen LogP contribution in [-0.2, 0) is 32.0 Å². The van der Waals surface area contributed by atoms with E-state index in [1.54, 1.807) is 39.2 Å². The fraction of sp³-hybridized carbons (Fsp3) is 0.391. The van der Waals surface area contributed by atoms with E-state index in [9.17, 15) is 14.4 Å². The second-order valence-electron chi connectivity index (χ2n) is 8.05. The maximum Gasteiger partial charge on any atom is 0.408 e. The number of amides is 2. The van der Waals surface area contributed by atoms with Crippen molar-refractivity contribution in [3.8, 4) is 0 Å². The minimum Gasteiger partial charge on any atom is -0.450 e. The third-order valence-corrected chi connectivity index (χ3v) is 4.11. The molecule has 0 radical (unpaired) electrons. The Balaban J connectivity index is 2.22. The minimum atomic E-state index is -1.26. The Morgan fingerprint density at radius 2 is 1.71 bits per heavy atom. The van der Waals surface area contributed by atoms with Gasteiger partial charge in [-0.15, -0.1) is 0 Å². The lowest BCUT2D eigenvalue weighted by molar-refractivity contribution is -0.155. The molecule has 2 aromatic rings. The lowest BCUT2D eigenvalue weighted by atomic mass is 10.0. The summed E-state index contributed by atoms with van der Waals surface area (Å²) in [4.78, 5) is 41.2. The largest absolute Gasteiger partial charge is 0.450 e. The predicted molar refractivity (Wildman–Crippen MR) is 115 cm³/mol. The van der Waals surface area contributed by atoms with Gasteiger partial charge in [0.1, 0.15) is 5.60 Å². The van der Waals surface area contributed by atoms with Crippen LogP contribution >= 0.6 is 0 Å². The molecule has 1 aromatic heterocycles. The average molecular weight is 428 g/mol. The summed E-state index contributed by atoms with van der Waals surface area (Å²) < 4.78 is 10.7. The monoisotopic (exact) mass is 427 g/mol. The summed E-state index contributed by atoms with van der Waals surface area (Å²) in [5.41, 5.74) is 0.924. The highest BCUT2D eigenvalue weighted by atomic mass is 16.6. The quantitative estimate of drug-likeness (QED) is 0.628. The van der Waals surface area contributed by atoms with Crippen LogP contribution in [0.3, 0.4) is 0 Å². The smallest absolute Gasteiger partial charge is 0.408 e. The fourth-order valence-electron chi connectivity index (χ4n) is 2.85. The van der Waals surface area contributed by atoms with Crippen molar-refractivity contribution in [2.24, 2.45) is 0 Å². The van der Waals surface area contributed by atoms with Gasteiger partial charge in [0.2, 0.25) is 6.10 Å². The third kappa shape index (κ3) is 8.86. The van der Waals surface area contributed by atoms with Gasteiger partial charge in [0.25, 0.3) is 5.91 Å². The number of hydrogen-bond donors (Lipinski definition) is 2. The summed E-state index contributed by atoms with van der Waals surface area (Å²) in [6.45, 7) is 6.67. The van der Waals surface area contributed by atoms with Gasteiger partial charge in [-0.2, -0.15) is 0 Å². The lowest BCUT2D eigenvalue weighted by Gasteiger charge is -2.28. The van der Waals surface area contributed by atoms with Crippen molar-refractivity contribution < 1.29 is 23.9 Å². The van der Waals surface area contributed by atoms with E-state index in [-0.39, 0.29) is 13.0 Å². The van der Waals surface area contributed by atoms with Crippen LogP contribution in [0.5, 0.6) is 0 Å². The van der Waals surface area contributed by atoms with Gasteiger partial charge in [0.15, 0.2) is 0 Å². The van der Waals surface area contributed by atoms with Gasteiger partial charge in [-0.25, -0.2) is 4.79 Å². The number of carbonyl (C=O) groups is 3. The lowest BCUT2D eigenvalue weighted by Crippen LogP contribution is -2.54. The summed E-state index contributed by atoms with van der Waals surface area (Å²) in [5, 5.41) is 5.45. The van der Waals surface area contributed by atoms with E-state index in [4.69, 9.17) is 9.47 Å². The van der Waals surface area contributed by atoms with E-state index < -0.39 is 35.7 Å². The molecular formula is C23H29N3O5. The Morgan fingerprint density at radius 1 is 1.03 bits per heavy atom. The Bertz CT molecular complexity index is 866. The molecule has 2 amide bonds. The number of pyridine rings is 1. The molecule has 31 heavy (non-hydrogen) atoms. The SMILES string of the molecule is CC(=O)O[C@H](C(=O)NCc1ccccc1)[C@H](Cc1cccnc1)NC(=O)OC(C)(C)C. The van der Waals surface area contributed by atoms with Crippen LogP contribution in [0.25, 0.3) is 0 Å². The molecule has 0 saturated heterocycles. The first-order valence-corrected chi connectivity index (χ1v) is 10.0. The summed E-state index contributed by atoms with van der Waals surface area (Å²) in [6.07, 6.45) is 1.49. The zero-order valence-corrected chi connectivity index (χ0v) is 18.3. The maximum atomic E-state index is 13.0. The second kappa shape index (κ2) is 11.1. The third-order valence-electron chi connectivity index (χ3n) is 4.11. The van der Waals surface area contributed by atoms with E-state index >= 15 is 0 Å². The first kappa shape index (κ1) is 23.9. The number of carbonyl (C=O) groups excluding carboxylic acids is 3. The zero-order valence-electron chi connectivity index (χ0n) is 18.3. The Hall–Kier alpha value is -3.42. The highest BCUT2D eigenvalue weighted by molar-refractivity contribution is 5.85. The molecule has 0 fully saturated rings. The number of hydrogen-bond acceptors (Lipinski definition) is 6. The minimum absolute atomic E-state index is 0.212. The molecule has 0 aliphatic rings. The van der Waals surface area contributed by atoms with E-state index in [0.717, 1.165) is 11.1 Å². The van der Waals surface area contributed by atoms with Crippen molar-refractivity contribution in [1.82, 2.24) is 15.6 Å². The van der Waals surface area contributed by atoms with Gasteiger partial charge in [-0.3, -0.25) is 14.6 Å². The van der Waals surface area contributed by atoms with Crippen LogP contribution in [0.15, 0.2) is 54.9 Å². The Morgan fingerprint density at radius 3 is 2.29 bits per heavy atom. The normalized spacial score (nSPS) is 12.9. The summed E-state index contributed by atoms with van der Waals surface area (Å²) in [5.74, 6) is -1.16. The van der Waals surface area contributed by atoms with Gasteiger partial charge in [0.05, 0.1) is 6.04 Å². The standard InChI is InChI=1S/C23H29N3O5/c1-16(27)30-20(21(28)25-15-17-9-6-5-7-10-17)19(13-18-11-8-12-24-14-18)26-22(29)31-23(2,3)4/h5-12,14,19-20H,13,15H2,1-4H3,(H,25,28)(H,26,29)/t19-,20-/m0/s1. The van der Waals surface area contributed by atoms with Crippen molar-refractivity contribution >= 4 is 18.0 Å². The number of benzene rings is 1. The van der Waals surface area contributed by atoms with Gasteiger partial charge < -0.3 is 20.1 Å². The molecule has 166 valence electrons. The molecule has 8 nitrogen and oxygen atoms in total. The predicted octanol–water partition coefficient (Wildman–Crippen LogP) is 2.77. The molecule has 0 unspecified atom stereocenters. The highest BCUT2D eigenvalue weighted by Crippen LogP contribution is 2.12. The fourth-order valence-corrected chi connectivity index (χ4v) is 2.85. The average Bonchev–Trinajstić information content (AvgIpc) is 2.70. The van der Waals surface area contributed by atoms with E-state index in [0.29, 0.717) is 0 Å². The Labute approximate surface area is 182 Å². The molecule has 0 saturated carbocycles. The maximum absolute atomic E-state index is 13.0. The molecule has 2 rings (SSSR count). The van der Waals surface area contributed by atoms with Crippen molar-refractivity contribution in [3.05, 3.63) is 66.0 Å². The number of ether oxygens (including phenoxy) is 2. The molecule has 0 bridgehead atoms. The number of esters is 1. The first-order chi connectivity index (χ1) is 14.6. The van der Waals surface area contributed by atoms with Gasteiger partial charge >= 0.3 is 12.1 Å². The highest BCUT2D eigenvalue weighted by Gasteiger charge is 2.34. The van der Waals surface area contributed by atoms with Crippen LogP contribution in [0, 0.1) is 0 Å². The van der Waals surface area contributed by atoms with Crippen molar-refractivity contribution in [1.29, 1.82) is 0 Å². The van der Waals surface area contributed by atoms with Crippen molar-refractivity contribution in [3.63, 3.8) is 0 Å². The molecule has 0 aliphatic heterocycles. The number of rotatable bonds is 8. The molecule has 1 aromatic carbocycles. The zero-order chi connectivity index (χ0) is 22.9.